The Hall–Kier alpha value is -4.15. The second-order valence-electron chi connectivity index (χ2n) is 11.5. The summed E-state index contributed by atoms with van der Waals surface area (Å²) < 4.78 is 39.0. The van der Waals surface area contributed by atoms with Crippen molar-refractivity contribution in [3.63, 3.8) is 0 Å². The van der Waals surface area contributed by atoms with Crippen LogP contribution in [0.15, 0.2) is 28.4 Å². The summed E-state index contributed by atoms with van der Waals surface area (Å²) in [5.74, 6) is -7.60. The SMILES string of the molecule is CN(C)c1cc(CNc2nc(C(F)(F)F)cs2)c(O)c2c1C[C@H]1C[C@H]3[C@H](N(C)C)C(=O)C(C(N)=O)=C(O)[C@@]3(O)C(=O)C1=C2O. The number of nitrogens with one attached hydrogen (secondary N) is 1. The number of anilines is 2. The molecule has 5 rings (SSSR count). The molecule has 0 radical (unpaired) electrons. The van der Waals surface area contributed by atoms with Gasteiger partial charge in [-0.1, -0.05) is 0 Å². The van der Waals surface area contributed by atoms with Gasteiger partial charge in [-0.2, -0.15) is 13.2 Å². The van der Waals surface area contributed by atoms with E-state index in [1.54, 1.807) is 25.1 Å². The lowest BCUT2D eigenvalue weighted by Gasteiger charge is -2.50. The molecule has 1 amide bonds. The molecule has 1 saturated carbocycles. The number of aliphatic hydroxyl groups excluding tert-OH is 2. The maximum Gasteiger partial charge on any atom is 0.434 e. The summed E-state index contributed by atoms with van der Waals surface area (Å²) >= 11 is 0.717. The highest BCUT2D eigenvalue weighted by Gasteiger charge is 2.64. The van der Waals surface area contributed by atoms with Crippen molar-refractivity contribution in [2.45, 2.75) is 37.2 Å². The second kappa shape index (κ2) is 10.5. The van der Waals surface area contributed by atoms with Gasteiger partial charge in [0.25, 0.3) is 5.91 Å². The molecule has 1 aromatic heterocycles. The van der Waals surface area contributed by atoms with E-state index in [4.69, 9.17) is 5.73 Å². The number of primary amides is 1. The number of hydrogen-bond donors (Lipinski definition) is 6. The maximum atomic E-state index is 14.1. The topological polar surface area (TPSA) is 190 Å². The first-order valence-corrected chi connectivity index (χ1v) is 14.3. The first kappa shape index (κ1) is 31.3. The van der Waals surface area contributed by atoms with Crippen LogP contribution in [0.1, 0.15) is 28.8 Å². The van der Waals surface area contributed by atoms with Gasteiger partial charge in [0.1, 0.15) is 22.8 Å². The number of Topliss-reactive ketones (excluding diaryl/α,β-unsaturated/α-hetero) is 2. The minimum Gasteiger partial charge on any atom is -0.508 e. The predicted octanol–water partition coefficient (Wildman–Crippen LogP) is 2.12. The Morgan fingerprint density at radius 3 is 2.41 bits per heavy atom. The van der Waals surface area contributed by atoms with Crippen molar-refractivity contribution in [1.29, 1.82) is 0 Å². The van der Waals surface area contributed by atoms with Gasteiger partial charge >= 0.3 is 6.18 Å². The normalized spacial score (nSPS) is 25.2. The summed E-state index contributed by atoms with van der Waals surface area (Å²) in [5.41, 5.74) is 1.31. The van der Waals surface area contributed by atoms with Gasteiger partial charge in [0.05, 0.1) is 11.6 Å². The van der Waals surface area contributed by atoms with Crippen LogP contribution in [0.2, 0.25) is 0 Å². The molecular formula is C28H30F3N5O7S. The summed E-state index contributed by atoms with van der Waals surface area (Å²) in [6.45, 7) is -0.200. The van der Waals surface area contributed by atoms with E-state index in [1.165, 1.54) is 19.0 Å². The first-order chi connectivity index (χ1) is 20.4. The van der Waals surface area contributed by atoms with Crippen LogP contribution in [-0.4, -0.2) is 87.6 Å². The number of carbonyl (C=O) groups excluding carboxylic acids is 3. The smallest absolute Gasteiger partial charge is 0.434 e. The molecule has 4 atom stereocenters. The van der Waals surface area contributed by atoms with Crippen LogP contribution >= 0.6 is 11.3 Å². The minimum absolute atomic E-state index is 0.0611. The maximum absolute atomic E-state index is 14.1. The number of halogens is 3. The van der Waals surface area contributed by atoms with Crippen molar-refractivity contribution in [2.24, 2.45) is 17.6 Å². The molecule has 7 N–H and O–H groups in total. The number of ketones is 2. The molecule has 0 bridgehead atoms. The average molecular weight is 638 g/mol. The second-order valence-corrected chi connectivity index (χ2v) is 12.4. The van der Waals surface area contributed by atoms with Crippen molar-refractivity contribution < 1.29 is 48.0 Å². The van der Waals surface area contributed by atoms with Crippen molar-refractivity contribution in [3.05, 3.63) is 50.7 Å². The highest BCUT2D eigenvalue weighted by Crippen LogP contribution is 2.54. The van der Waals surface area contributed by atoms with Gasteiger partial charge in [0, 0.05) is 48.8 Å². The number of phenolic OH excluding ortho intramolecular Hbond substituents is 1. The Balaban J connectivity index is 1.63. The number of aliphatic hydroxyl groups is 3. The highest BCUT2D eigenvalue weighted by atomic mass is 32.1. The number of likely N-dealkylation sites (N-methyl/N-ethyl adjacent to an activating group) is 1. The van der Waals surface area contributed by atoms with E-state index >= 15 is 0 Å². The average Bonchev–Trinajstić information content (AvgIpc) is 3.39. The first-order valence-electron chi connectivity index (χ1n) is 13.4. The number of phenols is 1. The molecule has 0 spiro atoms. The van der Waals surface area contributed by atoms with E-state index in [-0.39, 0.29) is 41.2 Å². The van der Waals surface area contributed by atoms with Gasteiger partial charge in [-0.3, -0.25) is 19.3 Å². The lowest BCUT2D eigenvalue weighted by atomic mass is 9.57. The number of rotatable bonds is 6. The van der Waals surface area contributed by atoms with E-state index in [9.17, 15) is 48.0 Å². The summed E-state index contributed by atoms with van der Waals surface area (Å²) in [6.07, 6.45) is -4.61. The third kappa shape index (κ3) is 4.59. The predicted molar refractivity (Wildman–Crippen MR) is 153 cm³/mol. The molecule has 0 aliphatic heterocycles. The molecule has 236 valence electrons. The van der Waals surface area contributed by atoms with Gasteiger partial charge in [-0.15, -0.1) is 11.3 Å². The van der Waals surface area contributed by atoms with Gasteiger partial charge in [-0.25, -0.2) is 4.98 Å². The Labute approximate surface area is 252 Å². The van der Waals surface area contributed by atoms with E-state index in [0.29, 0.717) is 11.3 Å². The Bertz CT molecular complexity index is 1660. The molecule has 1 aromatic carbocycles. The number of aromatic nitrogens is 1. The minimum atomic E-state index is -4.63. The molecule has 3 aliphatic rings. The number of thiazole rings is 1. The van der Waals surface area contributed by atoms with Gasteiger partial charge in [-0.05, 0) is 44.5 Å². The zero-order chi connectivity index (χ0) is 32.6. The molecule has 1 heterocycles. The molecule has 1 fully saturated rings. The Morgan fingerprint density at radius 2 is 1.86 bits per heavy atom. The summed E-state index contributed by atoms with van der Waals surface area (Å²) in [5, 5.41) is 49.1. The van der Waals surface area contributed by atoms with Crippen LogP contribution in [0.5, 0.6) is 5.75 Å². The molecule has 2 aromatic rings. The van der Waals surface area contributed by atoms with E-state index in [2.05, 4.69) is 10.3 Å². The van der Waals surface area contributed by atoms with Crippen molar-refractivity contribution in [1.82, 2.24) is 9.88 Å². The fraction of sp³-hybridized carbons (Fsp3) is 0.429. The zero-order valence-corrected chi connectivity index (χ0v) is 24.8. The molecule has 0 saturated heterocycles. The number of fused-ring (bicyclic) bond motifs is 3. The quantitative estimate of drug-likeness (QED) is 0.255. The number of nitrogens with two attached hydrogens (primary N) is 1. The monoisotopic (exact) mass is 637 g/mol. The lowest BCUT2D eigenvalue weighted by molar-refractivity contribution is -0.153. The van der Waals surface area contributed by atoms with E-state index < -0.39 is 75.7 Å². The van der Waals surface area contributed by atoms with Crippen molar-refractivity contribution in [3.8, 4) is 5.75 Å². The molecule has 12 nitrogen and oxygen atoms in total. The molecule has 3 aliphatic carbocycles. The molecule has 0 unspecified atom stereocenters. The Morgan fingerprint density at radius 1 is 1.20 bits per heavy atom. The zero-order valence-electron chi connectivity index (χ0n) is 24.0. The van der Waals surface area contributed by atoms with Crippen LogP contribution in [0.4, 0.5) is 24.0 Å². The number of aromatic hydroxyl groups is 1. The van der Waals surface area contributed by atoms with Crippen LogP contribution in [0, 0.1) is 11.8 Å². The van der Waals surface area contributed by atoms with Gasteiger partial charge in [0.2, 0.25) is 5.78 Å². The number of carbonyl (C=O) groups is 3. The van der Waals surface area contributed by atoms with Crippen LogP contribution < -0.4 is 16.0 Å². The lowest BCUT2D eigenvalue weighted by Crippen LogP contribution is -2.65. The van der Waals surface area contributed by atoms with Crippen LogP contribution in [0.25, 0.3) is 5.76 Å². The van der Waals surface area contributed by atoms with Crippen molar-refractivity contribution >= 4 is 45.4 Å². The fourth-order valence-corrected chi connectivity index (χ4v) is 7.25. The fourth-order valence-electron chi connectivity index (χ4n) is 6.54. The Kier molecular flexibility index (Phi) is 7.46. The van der Waals surface area contributed by atoms with Crippen LogP contribution in [0.3, 0.4) is 0 Å². The van der Waals surface area contributed by atoms with Gasteiger partial charge < -0.3 is 36.4 Å². The summed E-state index contributed by atoms with van der Waals surface area (Å²) in [4.78, 5) is 46.1. The number of benzene rings is 1. The van der Waals surface area contributed by atoms with E-state index in [1.807, 2.05) is 0 Å². The largest absolute Gasteiger partial charge is 0.508 e. The van der Waals surface area contributed by atoms with Crippen LogP contribution in [-0.2, 0) is 33.5 Å². The molecule has 16 heteroatoms. The standard InChI is InChI=1S/C28H30F3N5O7S/c1-35(2)14-7-11(8-33-26-34-15(9-44-26)28(29,30)31)20(37)17-12(14)5-10-6-13-19(36(3)4)22(39)18(25(32)42)24(41)27(13,43)23(40)16(10)21(17)38/h7,9-10,13,19,37-38,41,43H,5-6,8H2,1-4H3,(H2,32,42)(H,33,34)/t10-,13-,19-,27-/m0/s1. The van der Waals surface area contributed by atoms with E-state index in [0.717, 1.165) is 16.7 Å². The van der Waals surface area contributed by atoms with Gasteiger partial charge in [0.15, 0.2) is 22.2 Å². The number of amides is 1. The van der Waals surface area contributed by atoms with Crippen molar-refractivity contribution in [2.75, 3.05) is 38.4 Å². The third-order valence-electron chi connectivity index (χ3n) is 8.48. The molecular weight excluding hydrogens is 607 g/mol. The third-order valence-corrected chi connectivity index (χ3v) is 9.28. The summed E-state index contributed by atoms with van der Waals surface area (Å²) in [6, 6.07) is 0.394. The number of nitrogens with zero attached hydrogens (tertiary/aromatic N) is 3. The number of alkyl halides is 3. The molecule has 44 heavy (non-hydrogen) atoms. The highest BCUT2D eigenvalue weighted by molar-refractivity contribution is 7.13. The number of hydrogen-bond acceptors (Lipinski definition) is 12. The summed E-state index contributed by atoms with van der Waals surface area (Å²) in [7, 11) is 6.44.